The summed E-state index contributed by atoms with van der Waals surface area (Å²) in [6, 6.07) is 0. The zero-order valence-electron chi connectivity index (χ0n) is 29.6. The summed E-state index contributed by atoms with van der Waals surface area (Å²) in [4.78, 5) is 0. The van der Waals surface area contributed by atoms with Gasteiger partial charge in [-0.05, 0) is 105 Å². The van der Waals surface area contributed by atoms with Crippen molar-refractivity contribution in [3.05, 3.63) is 0 Å². The van der Waals surface area contributed by atoms with Crippen LogP contribution in [0.15, 0.2) is 0 Å². The molecule has 0 aromatic heterocycles. The van der Waals surface area contributed by atoms with E-state index in [0.717, 1.165) is 24.2 Å². The van der Waals surface area contributed by atoms with Gasteiger partial charge >= 0.3 is 0 Å². The topological polar surface area (TPSA) is 27.7 Å². The summed E-state index contributed by atoms with van der Waals surface area (Å²) < 4.78 is 22.6. The first-order chi connectivity index (χ1) is 19.8. The van der Waals surface area contributed by atoms with Crippen LogP contribution in [-0.4, -0.2) is 40.5 Å². The molecule has 3 nitrogen and oxygen atoms in total. The molecule has 3 fully saturated rings. The SMILES string of the molecule is CCCC(I)C(OC1CC(C)CCC1C(C)C)C(OC1CC(C)CCC1C(C)C)C(C)OC1CC(C)CCC1C(C)C. The van der Waals surface area contributed by atoms with E-state index >= 15 is 0 Å². The minimum atomic E-state index is -0.0370. The first kappa shape index (κ1) is 37.1. The third-order valence-electron chi connectivity index (χ3n) is 11.6. The van der Waals surface area contributed by atoms with Crippen LogP contribution in [-0.2, 0) is 14.2 Å². The second-order valence-corrected chi connectivity index (χ2v) is 18.0. The molecule has 3 saturated carbocycles. The van der Waals surface area contributed by atoms with Gasteiger partial charge in [0.15, 0.2) is 0 Å². The van der Waals surface area contributed by atoms with Gasteiger partial charge in [-0.15, -0.1) is 0 Å². The van der Waals surface area contributed by atoms with Gasteiger partial charge < -0.3 is 14.2 Å². The Bertz CT molecular complexity index is 755. The average Bonchev–Trinajstić information content (AvgIpc) is 2.90. The van der Waals surface area contributed by atoms with Gasteiger partial charge in [0.05, 0.1) is 30.5 Å². The van der Waals surface area contributed by atoms with E-state index in [4.69, 9.17) is 14.2 Å². The summed E-state index contributed by atoms with van der Waals surface area (Å²) in [6.07, 6.45) is 14.7. The molecule has 0 N–H and O–H groups in total. The fourth-order valence-corrected chi connectivity index (χ4v) is 10.0. The Hall–Kier alpha value is 0.610. The predicted molar refractivity (Wildman–Crippen MR) is 188 cm³/mol. The van der Waals surface area contributed by atoms with Crippen molar-refractivity contribution < 1.29 is 14.2 Å². The summed E-state index contributed by atoms with van der Waals surface area (Å²) in [5.41, 5.74) is 0. The maximum absolute atomic E-state index is 7.50. The van der Waals surface area contributed by atoms with Crippen LogP contribution in [0.1, 0.15) is 147 Å². The number of rotatable bonds is 14. The lowest BCUT2D eigenvalue weighted by Crippen LogP contribution is -2.53. The van der Waals surface area contributed by atoms with Gasteiger partial charge in [0.25, 0.3) is 0 Å². The minimum Gasteiger partial charge on any atom is -0.372 e. The Labute approximate surface area is 276 Å². The van der Waals surface area contributed by atoms with Gasteiger partial charge in [0, 0.05) is 3.92 Å². The first-order valence-electron chi connectivity index (χ1n) is 18.4. The van der Waals surface area contributed by atoms with Crippen LogP contribution >= 0.6 is 22.6 Å². The number of alkyl halides is 1. The molecule has 3 rings (SSSR count). The van der Waals surface area contributed by atoms with E-state index in [2.05, 4.69) is 98.8 Å². The maximum Gasteiger partial charge on any atom is 0.111 e. The van der Waals surface area contributed by atoms with Crippen molar-refractivity contribution in [2.75, 3.05) is 0 Å². The highest BCUT2D eigenvalue weighted by Crippen LogP contribution is 2.42. The average molecular weight is 703 g/mol. The van der Waals surface area contributed by atoms with Crippen LogP contribution < -0.4 is 0 Å². The van der Waals surface area contributed by atoms with Crippen LogP contribution in [0.2, 0.25) is 0 Å². The van der Waals surface area contributed by atoms with Gasteiger partial charge in [-0.3, -0.25) is 0 Å². The molecular weight excluding hydrogens is 631 g/mol. The molecule has 0 saturated heterocycles. The molecule has 0 heterocycles. The zero-order valence-corrected chi connectivity index (χ0v) is 31.8. The molecule has 3 aliphatic carbocycles. The molecule has 0 radical (unpaired) electrons. The second kappa shape index (κ2) is 17.5. The van der Waals surface area contributed by atoms with E-state index in [1.54, 1.807) is 0 Å². The van der Waals surface area contributed by atoms with E-state index in [9.17, 15) is 0 Å². The fraction of sp³-hybridized carbons (Fsp3) is 1.00. The zero-order chi connectivity index (χ0) is 31.1. The molecule has 42 heavy (non-hydrogen) atoms. The highest BCUT2D eigenvalue weighted by atomic mass is 127. The van der Waals surface area contributed by atoms with Crippen LogP contribution in [0.3, 0.4) is 0 Å². The van der Waals surface area contributed by atoms with Crippen LogP contribution in [0.4, 0.5) is 0 Å². The first-order valence-corrected chi connectivity index (χ1v) is 19.7. The third-order valence-corrected chi connectivity index (χ3v) is 13.0. The van der Waals surface area contributed by atoms with Crippen molar-refractivity contribution >= 4 is 22.6 Å². The van der Waals surface area contributed by atoms with Crippen LogP contribution in [0, 0.1) is 53.3 Å². The lowest BCUT2D eigenvalue weighted by atomic mass is 9.75. The Morgan fingerprint density at radius 2 is 0.905 bits per heavy atom. The largest absolute Gasteiger partial charge is 0.372 e. The van der Waals surface area contributed by atoms with Crippen molar-refractivity contribution in [1.82, 2.24) is 0 Å². The lowest BCUT2D eigenvalue weighted by Gasteiger charge is -2.47. The van der Waals surface area contributed by atoms with Gasteiger partial charge in [-0.25, -0.2) is 0 Å². The summed E-state index contributed by atoms with van der Waals surface area (Å²) in [7, 11) is 0. The molecular formula is C38H71IO3. The van der Waals surface area contributed by atoms with E-state index in [1.807, 2.05) is 0 Å². The van der Waals surface area contributed by atoms with Gasteiger partial charge in [-0.2, -0.15) is 0 Å². The molecule has 0 aliphatic heterocycles. The molecule has 0 bridgehead atoms. The number of ether oxygens (including phenoxy) is 3. The van der Waals surface area contributed by atoms with Crippen LogP contribution in [0.25, 0.3) is 0 Å². The van der Waals surface area contributed by atoms with Crippen molar-refractivity contribution in [3.63, 3.8) is 0 Å². The summed E-state index contributed by atoms with van der Waals surface area (Å²) in [5, 5.41) is 0. The lowest BCUT2D eigenvalue weighted by molar-refractivity contribution is -0.213. The standard InChI is InChI=1S/C38H71IO3/c1-12-13-33(39)38(42-36-22-28(10)16-19-32(36)25(6)7)37(41-35-21-27(9)15-18-31(35)24(4)5)29(11)40-34-20-26(8)14-17-30(34)23(2)3/h23-38H,12-22H2,1-11H3. The second-order valence-electron chi connectivity index (χ2n) is 16.4. The van der Waals surface area contributed by atoms with Gasteiger partial charge in [-0.1, -0.05) is 118 Å². The van der Waals surface area contributed by atoms with E-state index in [0.29, 0.717) is 57.7 Å². The van der Waals surface area contributed by atoms with E-state index in [1.165, 1.54) is 64.2 Å². The third kappa shape index (κ3) is 10.3. The highest BCUT2D eigenvalue weighted by Gasteiger charge is 2.44. The monoisotopic (exact) mass is 702 g/mol. The molecule has 4 heteroatoms. The minimum absolute atomic E-state index is 0.0178. The Balaban J connectivity index is 1.97. The normalized spacial score (nSPS) is 37.6. The summed E-state index contributed by atoms with van der Waals surface area (Å²) in [5.74, 6) is 6.02. The number of halogens is 1. The van der Waals surface area contributed by atoms with Crippen molar-refractivity contribution in [2.24, 2.45) is 53.3 Å². The summed E-state index contributed by atoms with van der Waals surface area (Å²) in [6.45, 7) is 26.4. The van der Waals surface area contributed by atoms with Gasteiger partial charge in [0.1, 0.15) is 6.10 Å². The van der Waals surface area contributed by atoms with E-state index < -0.39 is 0 Å². The quantitative estimate of drug-likeness (QED) is 0.133. The molecule has 0 aromatic rings. The van der Waals surface area contributed by atoms with E-state index in [-0.39, 0.29) is 18.3 Å². The smallest absolute Gasteiger partial charge is 0.111 e. The van der Waals surface area contributed by atoms with Crippen molar-refractivity contribution in [1.29, 1.82) is 0 Å². The van der Waals surface area contributed by atoms with Crippen LogP contribution in [0.5, 0.6) is 0 Å². The molecule has 0 aromatic carbocycles. The highest BCUT2D eigenvalue weighted by molar-refractivity contribution is 14.1. The Morgan fingerprint density at radius 1 is 0.548 bits per heavy atom. The Kier molecular flexibility index (Phi) is 15.5. The van der Waals surface area contributed by atoms with Gasteiger partial charge in [0.2, 0.25) is 0 Å². The molecule has 13 unspecified atom stereocenters. The molecule has 0 spiro atoms. The molecule has 3 aliphatic rings. The predicted octanol–water partition coefficient (Wildman–Crippen LogP) is 11.1. The molecule has 13 atom stereocenters. The molecule has 0 amide bonds. The fourth-order valence-electron chi connectivity index (χ4n) is 8.83. The molecule has 248 valence electrons. The number of hydrogen-bond acceptors (Lipinski definition) is 3. The number of hydrogen-bond donors (Lipinski definition) is 0. The maximum atomic E-state index is 7.50. The Morgan fingerprint density at radius 3 is 1.26 bits per heavy atom. The van der Waals surface area contributed by atoms with Crippen molar-refractivity contribution in [2.45, 2.75) is 187 Å². The van der Waals surface area contributed by atoms with Crippen molar-refractivity contribution in [3.8, 4) is 0 Å². The summed E-state index contributed by atoms with van der Waals surface area (Å²) >= 11 is 2.72.